The maximum atomic E-state index is 5.37. The Bertz CT molecular complexity index is 235. The summed E-state index contributed by atoms with van der Waals surface area (Å²) in [5, 5.41) is 0.709. The van der Waals surface area contributed by atoms with E-state index >= 15 is 0 Å². The van der Waals surface area contributed by atoms with Gasteiger partial charge in [0.25, 0.3) is 0 Å². The summed E-state index contributed by atoms with van der Waals surface area (Å²) in [4.78, 5) is 4.02. The van der Waals surface area contributed by atoms with Crippen molar-refractivity contribution in [3.05, 3.63) is 17.8 Å². The first kappa shape index (κ1) is 9.74. The zero-order chi connectivity index (χ0) is 8.97. The highest BCUT2D eigenvalue weighted by Crippen LogP contribution is 2.12. The summed E-state index contributed by atoms with van der Waals surface area (Å²) in [6.07, 6.45) is 1.66. The molecular weight excluding hydrogens is 222 g/mol. The minimum Gasteiger partial charge on any atom is -0.446 e. The molecular formula is C8H12BrNO2. The molecule has 0 radical (unpaired) electrons. The first-order valence-corrected chi connectivity index (χ1v) is 4.95. The van der Waals surface area contributed by atoms with Crippen LogP contribution in [0.4, 0.5) is 0 Å². The number of hydrogen-bond acceptors (Lipinski definition) is 3. The maximum absolute atomic E-state index is 5.37. The minimum atomic E-state index is 0.221. The van der Waals surface area contributed by atoms with Crippen LogP contribution in [-0.2, 0) is 16.7 Å². The lowest BCUT2D eigenvalue weighted by atomic mass is 10.4. The lowest BCUT2D eigenvalue weighted by Crippen LogP contribution is -2.02. The van der Waals surface area contributed by atoms with E-state index in [4.69, 9.17) is 9.15 Å². The van der Waals surface area contributed by atoms with Crippen molar-refractivity contribution in [2.75, 3.05) is 0 Å². The first-order chi connectivity index (χ1) is 5.74. The van der Waals surface area contributed by atoms with Crippen LogP contribution in [0.15, 0.2) is 10.8 Å². The largest absolute Gasteiger partial charge is 0.446 e. The van der Waals surface area contributed by atoms with E-state index in [1.54, 1.807) is 0 Å². The van der Waals surface area contributed by atoms with E-state index in [2.05, 4.69) is 20.9 Å². The lowest BCUT2D eigenvalue weighted by Gasteiger charge is -2.04. The molecule has 1 aromatic rings. The summed E-state index contributed by atoms with van der Waals surface area (Å²) in [5.74, 6) is 0.806. The topological polar surface area (TPSA) is 35.3 Å². The lowest BCUT2D eigenvalue weighted by molar-refractivity contribution is 0.0541. The molecule has 3 nitrogen and oxygen atoms in total. The Morgan fingerprint density at radius 2 is 2.42 bits per heavy atom. The van der Waals surface area contributed by atoms with Gasteiger partial charge < -0.3 is 9.15 Å². The highest BCUT2D eigenvalue weighted by Gasteiger charge is 2.07. The first-order valence-electron chi connectivity index (χ1n) is 3.83. The molecule has 1 aromatic heterocycles. The molecule has 0 bridgehead atoms. The van der Waals surface area contributed by atoms with Crippen LogP contribution in [0.3, 0.4) is 0 Å². The molecule has 1 heterocycles. The van der Waals surface area contributed by atoms with Gasteiger partial charge in [-0.15, -0.1) is 0 Å². The summed E-state index contributed by atoms with van der Waals surface area (Å²) in [6.45, 7) is 4.48. The molecule has 0 spiro atoms. The van der Waals surface area contributed by atoms with Gasteiger partial charge in [-0.25, -0.2) is 4.98 Å². The van der Waals surface area contributed by atoms with Crippen LogP contribution >= 0.6 is 15.9 Å². The standard InChI is InChI=1S/C8H12BrNO2/c1-6(2)11-4-8-7(3-9)10-5-12-8/h5-6H,3-4H2,1-2H3. The molecule has 0 aromatic carbocycles. The van der Waals surface area contributed by atoms with E-state index in [1.807, 2.05) is 13.8 Å². The third kappa shape index (κ3) is 2.60. The van der Waals surface area contributed by atoms with E-state index in [1.165, 1.54) is 6.39 Å². The number of hydrogen-bond donors (Lipinski definition) is 0. The number of nitrogens with zero attached hydrogens (tertiary/aromatic N) is 1. The Hall–Kier alpha value is -0.350. The van der Waals surface area contributed by atoms with Crippen molar-refractivity contribution in [1.82, 2.24) is 4.98 Å². The Morgan fingerprint density at radius 3 is 3.00 bits per heavy atom. The zero-order valence-corrected chi connectivity index (χ0v) is 8.80. The third-order valence-corrected chi connectivity index (χ3v) is 1.93. The smallest absolute Gasteiger partial charge is 0.181 e. The zero-order valence-electron chi connectivity index (χ0n) is 7.21. The highest BCUT2D eigenvalue weighted by atomic mass is 79.9. The Balaban J connectivity index is 2.50. The molecule has 0 unspecified atom stereocenters. The molecule has 0 atom stereocenters. The van der Waals surface area contributed by atoms with Crippen molar-refractivity contribution >= 4 is 15.9 Å². The molecule has 0 saturated carbocycles. The van der Waals surface area contributed by atoms with Crippen LogP contribution in [0, 0.1) is 0 Å². The van der Waals surface area contributed by atoms with Gasteiger partial charge in [0.1, 0.15) is 6.61 Å². The van der Waals surface area contributed by atoms with Gasteiger partial charge in [0, 0.05) is 5.33 Å². The molecule has 0 aliphatic heterocycles. The summed E-state index contributed by atoms with van der Waals surface area (Å²) in [6, 6.07) is 0. The van der Waals surface area contributed by atoms with Gasteiger partial charge in [0.15, 0.2) is 12.2 Å². The average molecular weight is 234 g/mol. The summed E-state index contributed by atoms with van der Waals surface area (Å²) >= 11 is 3.32. The van der Waals surface area contributed by atoms with Crippen LogP contribution in [0.5, 0.6) is 0 Å². The second kappa shape index (κ2) is 4.62. The van der Waals surface area contributed by atoms with Crippen LogP contribution in [-0.4, -0.2) is 11.1 Å². The number of halogens is 1. The van der Waals surface area contributed by atoms with Gasteiger partial charge in [-0.2, -0.15) is 0 Å². The van der Waals surface area contributed by atoms with Gasteiger partial charge in [0.2, 0.25) is 0 Å². The molecule has 0 aliphatic carbocycles. The molecule has 0 saturated heterocycles. The van der Waals surface area contributed by atoms with Crippen molar-refractivity contribution in [2.24, 2.45) is 0 Å². The predicted octanol–water partition coefficient (Wildman–Crippen LogP) is 2.49. The molecule has 1 rings (SSSR count). The van der Waals surface area contributed by atoms with E-state index in [0.29, 0.717) is 11.9 Å². The van der Waals surface area contributed by atoms with E-state index in [0.717, 1.165) is 11.5 Å². The second-order valence-corrected chi connectivity index (χ2v) is 3.28. The predicted molar refractivity (Wildman–Crippen MR) is 49.1 cm³/mol. The number of ether oxygens (including phenoxy) is 1. The fourth-order valence-electron chi connectivity index (χ4n) is 0.762. The van der Waals surface area contributed by atoms with Gasteiger partial charge in [-0.1, -0.05) is 15.9 Å². The Kier molecular flexibility index (Phi) is 3.75. The quantitative estimate of drug-likeness (QED) is 0.750. The van der Waals surface area contributed by atoms with Crippen molar-refractivity contribution in [2.45, 2.75) is 31.9 Å². The van der Waals surface area contributed by atoms with Gasteiger partial charge >= 0.3 is 0 Å². The second-order valence-electron chi connectivity index (χ2n) is 2.72. The van der Waals surface area contributed by atoms with Crippen molar-refractivity contribution < 1.29 is 9.15 Å². The monoisotopic (exact) mass is 233 g/mol. The Morgan fingerprint density at radius 1 is 1.67 bits per heavy atom. The molecule has 4 heteroatoms. The third-order valence-electron chi connectivity index (χ3n) is 1.40. The van der Waals surface area contributed by atoms with E-state index in [9.17, 15) is 0 Å². The molecule has 0 aliphatic rings. The van der Waals surface area contributed by atoms with Crippen molar-refractivity contribution in [3.8, 4) is 0 Å². The van der Waals surface area contributed by atoms with E-state index < -0.39 is 0 Å². The SMILES string of the molecule is CC(C)OCc1ocnc1CBr. The molecule has 0 amide bonds. The maximum Gasteiger partial charge on any atom is 0.181 e. The fourth-order valence-corrected chi connectivity index (χ4v) is 1.22. The average Bonchev–Trinajstić information content (AvgIpc) is 2.47. The Labute approximate surface area is 80.3 Å². The molecule has 0 fully saturated rings. The van der Waals surface area contributed by atoms with Gasteiger partial charge in [-0.3, -0.25) is 0 Å². The number of oxazole rings is 1. The molecule has 0 N–H and O–H groups in total. The molecule has 12 heavy (non-hydrogen) atoms. The van der Waals surface area contributed by atoms with Crippen molar-refractivity contribution in [1.29, 1.82) is 0 Å². The highest BCUT2D eigenvalue weighted by molar-refractivity contribution is 9.08. The normalized spacial score (nSPS) is 11.0. The van der Waals surface area contributed by atoms with Crippen LogP contribution in [0.2, 0.25) is 0 Å². The fraction of sp³-hybridized carbons (Fsp3) is 0.625. The minimum absolute atomic E-state index is 0.221. The van der Waals surface area contributed by atoms with E-state index in [-0.39, 0.29) is 6.10 Å². The van der Waals surface area contributed by atoms with Crippen molar-refractivity contribution in [3.63, 3.8) is 0 Å². The number of aromatic nitrogens is 1. The number of rotatable bonds is 4. The van der Waals surface area contributed by atoms with Crippen LogP contribution < -0.4 is 0 Å². The van der Waals surface area contributed by atoms with Gasteiger partial charge in [-0.05, 0) is 13.8 Å². The summed E-state index contributed by atoms with van der Waals surface area (Å²) in [7, 11) is 0. The van der Waals surface area contributed by atoms with Gasteiger partial charge in [0.05, 0.1) is 11.8 Å². The van der Waals surface area contributed by atoms with Crippen LogP contribution in [0.1, 0.15) is 25.3 Å². The number of alkyl halides is 1. The van der Waals surface area contributed by atoms with Crippen LogP contribution in [0.25, 0.3) is 0 Å². The summed E-state index contributed by atoms with van der Waals surface area (Å²) in [5.41, 5.74) is 0.913. The molecule has 68 valence electrons. The summed E-state index contributed by atoms with van der Waals surface area (Å²) < 4.78 is 10.5.